The second-order valence-electron chi connectivity index (χ2n) is 8.36. The number of benzene rings is 1. The minimum Gasteiger partial charge on any atom is -0.353 e. The molecule has 0 aromatic heterocycles. The summed E-state index contributed by atoms with van der Waals surface area (Å²) in [5.41, 5.74) is 1.91. The molecule has 0 aliphatic heterocycles. The number of rotatable bonds is 5. The third kappa shape index (κ3) is 6.18. The number of hydrogen-bond donors (Lipinski definition) is 2. The van der Waals surface area contributed by atoms with Crippen LogP contribution in [0, 0.1) is 5.92 Å². The number of carbonyl (C=O) groups excluding carboxylic acids is 2. The molecule has 0 unspecified atom stereocenters. The second kappa shape index (κ2) is 8.50. The number of nitrogens with one attached hydrogen (secondary N) is 2. The van der Waals surface area contributed by atoms with Gasteiger partial charge in [0.2, 0.25) is 5.91 Å². The first kappa shape index (κ1) is 19.5. The van der Waals surface area contributed by atoms with Crippen LogP contribution in [-0.4, -0.2) is 24.4 Å². The quantitative estimate of drug-likeness (QED) is 0.853. The van der Waals surface area contributed by atoms with E-state index in [1.807, 2.05) is 24.3 Å². The van der Waals surface area contributed by atoms with Crippen molar-refractivity contribution in [3.63, 3.8) is 0 Å². The van der Waals surface area contributed by atoms with E-state index in [4.69, 9.17) is 0 Å². The first-order chi connectivity index (χ1) is 11.8. The lowest BCUT2D eigenvalue weighted by atomic mass is 9.87. The molecule has 0 spiro atoms. The highest BCUT2D eigenvalue weighted by atomic mass is 16.2. The molecule has 1 aliphatic carbocycles. The predicted octanol–water partition coefficient (Wildman–Crippen LogP) is 3.80. The van der Waals surface area contributed by atoms with Crippen molar-refractivity contribution in [2.45, 2.75) is 71.3 Å². The van der Waals surface area contributed by atoms with E-state index in [9.17, 15) is 9.59 Å². The van der Waals surface area contributed by atoms with E-state index in [1.165, 1.54) is 18.4 Å². The van der Waals surface area contributed by atoms with Gasteiger partial charge in [-0.1, -0.05) is 39.8 Å². The van der Waals surface area contributed by atoms with Crippen LogP contribution in [0.3, 0.4) is 0 Å². The summed E-state index contributed by atoms with van der Waals surface area (Å²) in [5, 5.41) is 5.92. The van der Waals surface area contributed by atoms with Gasteiger partial charge in [0.05, 0.1) is 0 Å². The van der Waals surface area contributed by atoms with Crippen molar-refractivity contribution in [1.82, 2.24) is 10.6 Å². The van der Waals surface area contributed by atoms with Crippen molar-refractivity contribution in [3.05, 3.63) is 35.4 Å². The van der Waals surface area contributed by atoms with Crippen molar-refractivity contribution in [2.75, 3.05) is 6.54 Å². The van der Waals surface area contributed by atoms with Gasteiger partial charge in [0.1, 0.15) is 0 Å². The molecule has 4 heteroatoms. The molecule has 2 rings (SSSR count). The third-order valence-corrected chi connectivity index (χ3v) is 5.03. The summed E-state index contributed by atoms with van der Waals surface area (Å²) in [6, 6.07) is 7.99. The molecule has 4 nitrogen and oxygen atoms in total. The highest BCUT2D eigenvalue weighted by molar-refractivity contribution is 5.94. The average Bonchev–Trinajstić information content (AvgIpc) is 2.56. The van der Waals surface area contributed by atoms with Crippen LogP contribution >= 0.6 is 0 Å². The highest BCUT2D eigenvalue weighted by Crippen LogP contribution is 2.23. The van der Waals surface area contributed by atoms with E-state index in [0.717, 1.165) is 18.8 Å². The van der Waals surface area contributed by atoms with E-state index in [0.29, 0.717) is 24.6 Å². The summed E-state index contributed by atoms with van der Waals surface area (Å²) in [5.74, 6) is 0.680. The molecule has 2 N–H and O–H groups in total. The summed E-state index contributed by atoms with van der Waals surface area (Å²) in [6.45, 7) is 9.07. The van der Waals surface area contributed by atoms with Crippen molar-refractivity contribution in [3.8, 4) is 0 Å². The molecular weight excluding hydrogens is 312 g/mol. The van der Waals surface area contributed by atoms with Crippen LogP contribution in [0.5, 0.6) is 0 Å². The van der Waals surface area contributed by atoms with Crippen LogP contribution in [0.4, 0.5) is 0 Å². The maximum atomic E-state index is 12.2. The zero-order valence-corrected chi connectivity index (χ0v) is 16.0. The Morgan fingerprint density at radius 1 is 1.04 bits per heavy atom. The van der Waals surface area contributed by atoms with Gasteiger partial charge in [0, 0.05) is 24.6 Å². The van der Waals surface area contributed by atoms with E-state index in [-0.39, 0.29) is 17.2 Å². The van der Waals surface area contributed by atoms with Crippen molar-refractivity contribution < 1.29 is 9.59 Å². The van der Waals surface area contributed by atoms with Gasteiger partial charge in [-0.05, 0) is 54.7 Å². The first-order valence-corrected chi connectivity index (χ1v) is 9.44. The van der Waals surface area contributed by atoms with Crippen LogP contribution in [-0.2, 0) is 10.2 Å². The molecule has 0 saturated heterocycles. The monoisotopic (exact) mass is 344 g/mol. The zero-order valence-electron chi connectivity index (χ0n) is 16.0. The molecule has 25 heavy (non-hydrogen) atoms. The van der Waals surface area contributed by atoms with Crippen molar-refractivity contribution in [1.29, 1.82) is 0 Å². The van der Waals surface area contributed by atoms with Gasteiger partial charge in [-0.25, -0.2) is 0 Å². The zero-order chi connectivity index (χ0) is 18.4. The Kier molecular flexibility index (Phi) is 6.63. The number of hydrogen-bond acceptors (Lipinski definition) is 2. The van der Waals surface area contributed by atoms with E-state index < -0.39 is 0 Å². The van der Waals surface area contributed by atoms with Crippen molar-refractivity contribution in [2.24, 2.45) is 5.92 Å². The van der Waals surface area contributed by atoms with E-state index >= 15 is 0 Å². The van der Waals surface area contributed by atoms with Crippen molar-refractivity contribution >= 4 is 11.8 Å². The smallest absolute Gasteiger partial charge is 0.251 e. The third-order valence-electron chi connectivity index (χ3n) is 5.03. The van der Waals surface area contributed by atoms with Gasteiger partial charge in [-0.15, -0.1) is 0 Å². The maximum absolute atomic E-state index is 12.2. The number of carbonyl (C=O) groups is 2. The van der Waals surface area contributed by atoms with Crippen LogP contribution in [0.1, 0.15) is 75.7 Å². The fourth-order valence-electron chi connectivity index (χ4n) is 3.22. The molecule has 1 saturated carbocycles. The van der Waals surface area contributed by atoms with Gasteiger partial charge in [-0.2, -0.15) is 0 Å². The fourth-order valence-corrected chi connectivity index (χ4v) is 3.22. The molecule has 1 aliphatic rings. The largest absolute Gasteiger partial charge is 0.353 e. The Labute approximate surface area is 151 Å². The highest BCUT2D eigenvalue weighted by Gasteiger charge is 2.19. The van der Waals surface area contributed by atoms with Gasteiger partial charge >= 0.3 is 0 Å². The SMILES string of the molecule is CC1CCC(NC(=O)CCNC(=O)c2ccc(C(C)(C)C)cc2)CC1. The van der Waals surface area contributed by atoms with Gasteiger partial charge in [0.25, 0.3) is 5.91 Å². The Morgan fingerprint density at radius 3 is 2.20 bits per heavy atom. The summed E-state index contributed by atoms with van der Waals surface area (Å²) in [4.78, 5) is 24.2. The molecule has 1 aromatic carbocycles. The Bertz CT molecular complexity index is 579. The molecule has 0 radical (unpaired) electrons. The van der Waals surface area contributed by atoms with Gasteiger partial charge in [-0.3, -0.25) is 9.59 Å². The van der Waals surface area contributed by atoms with Crippen LogP contribution in [0.25, 0.3) is 0 Å². The molecule has 138 valence electrons. The first-order valence-electron chi connectivity index (χ1n) is 9.44. The molecule has 2 amide bonds. The lowest BCUT2D eigenvalue weighted by molar-refractivity contribution is -0.121. The molecular formula is C21H32N2O2. The minimum atomic E-state index is -0.125. The molecule has 0 heterocycles. The van der Waals surface area contributed by atoms with Gasteiger partial charge in [0.15, 0.2) is 0 Å². The average molecular weight is 344 g/mol. The second-order valence-corrected chi connectivity index (χ2v) is 8.36. The Balaban J connectivity index is 1.72. The Morgan fingerprint density at radius 2 is 1.64 bits per heavy atom. The summed E-state index contributed by atoms with van der Waals surface area (Å²) >= 11 is 0. The molecule has 0 atom stereocenters. The standard InChI is InChI=1S/C21H32N2O2/c1-15-5-11-18(12-6-15)23-19(24)13-14-22-20(25)16-7-9-17(10-8-16)21(2,3)4/h7-10,15,18H,5-6,11-14H2,1-4H3,(H,22,25)(H,23,24). The van der Waals surface area contributed by atoms with Gasteiger partial charge < -0.3 is 10.6 Å². The van der Waals surface area contributed by atoms with Crippen LogP contribution < -0.4 is 10.6 Å². The van der Waals surface area contributed by atoms with E-state index in [1.54, 1.807) is 0 Å². The topological polar surface area (TPSA) is 58.2 Å². The summed E-state index contributed by atoms with van der Waals surface area (Å²) in [7, 11) is 0. The minimum absolute atomic E-state index is 0.0305. The predicted molar refractivity (Wildman–Crippen MR) is 102 cm³/mol. The molecule has 1 aromatic rings. The summed E-state index contributed by atoms with van der Waals surface area (Å²) < 4.78 is 0. The normalized spacial score (nSPS) is 20.8. The lowest BCUT2D eigenvalue weighted by Crippen LogP contribution is -2.39. The van der Waals surface area contributed by atoms with E-state index in [2.05, 4.69) is 38.3 Å². The molecule has 0 bridgehead atoms. The fraction of sp³-hybridized carbons (Fsp3) is 0.619. The van der Waals surface area contributed by atoms with Crippen LogP contribution in [0.2, 0.25) is 0 Å². The summed E-state index contributed by atoms with van der Waals surface area (Å²) in [6.07, 6.45) is 4.84. The Hall–Kier alpha value is -1.84. The maximum Gasteiger partial charge on any atom is 0.251 e. The van der Waals surface area contributed by atoms with Crippen LogP contribution in [0.15, 0.2) is 24.3 Å². The lowest BCUT2D eigenvalue weighted by Gasteiger charge is -2.26. The number of amides is 2. The molecule has 1 fully saturated rings.